The van der Waals surface area contributed by atoms with E-state index in [-0.39, 0.29) is 30.3 Å². The molecule has 2 nitrogen and oxygen atoms in total. The first-order valence-corrected chi connectivity index (χ1v) is 9.39. The summed E-state index contributed by atoms with van der Waals surface area (Å²) >= 11 is 0. The molecule has 0 heterocycles. The van der Waals surface area contributed by atoms with Crippen molar-refractivity contribution in [2.24, 2.45) is 5.92 Å². The Labute approximate surface area is 164 Å². The van der Waals surface area contributed by atoms with Crippen LogP contribution in [0.3, 0.4) is 0 Å². The van der Waals surface area contributed by atoms with E-state index in [1.165, 1.54) is 12.1 Å². The third-order valence-electron chi connectivity index (χ3n) is 5.04. The zero-order chi connectivity index (χ0) is 20.1. The van der Waals surface area contributed by atoms with Gasteiger partial charge in [-0.05, 0) is 48.6 Å². The molecular weight excluding hydrogens is 358 g/mol. The average Bonchev–Trinajstić information content (AvgIpc) is 2.70. The molecule has 0 amide bonds. The smallest absolute Gasteiger partial charge is 0.131 e. The van der Waals surface area contributed by atoms with Gasteiger partial charge in [-0.15, -0.1) is 0 Å². The molecule has 0 aliphatic heterocycles. The molecule has 0 saturated carbocycles. The maximum absolute atomic E-state index is 14.7. The second-order valence-corrected chi connectivity index (χ2v) is 7.14. The summed E-state index contributed by atoms with van der Waals surface area (Å²) in [4.78, 5) is 0. The van der Waals surface area contributed by atoms with Crippen molar-refractivity contribution in [3.63, 3.8) is 0 Å². The predicted octanol–water partition coefficient (Wildman–Crippen LogP) is 5.14. The Hall–Kier alpha value is -2.56. The fourth-order valence-electron chi connectivity index (χ4n) is 3.20. The molecule has 0 bridgehead atoms. The maximum Gasteiger partial charge on any atom is 0.131 e. The Morgan fingerprint density at radius 2 is 1.32 bits per heavy atom. The lowest BCUT2D eigenvalue weighted by atomic mass is 9.96. The standard InChI is InChI=1S/C24H24F2O2/c1-16-2-7-19(8-3-16)20-9-11-22(24(26)13-20)21-10-6-17(12-23(21)25)4-5-18(14-27)15-28/h2-3,6-13,18,27-28H,4-5,14-15H2,1H3. The van der Waals surface area contributed by atoms with E-state index in [2.05, 4.69) is 0 Å². The third-order valence-corrected chi connectivity index (χ3v) is 5.04. The van der Waals surface area contributed by atoms with E-state index < -0.39 is 11.6 Å². The second kappa shape index (κ2) is 9.09. The zero-order valence-corrected chi connectivity index (χ0v) is 15.8. The summed E-state index contributed by atoms with van der Waals surface area (Å²) in [5, 5.41) is 18.2. The lowest BCUT2D eigenvalue weighted by Crippen LogP contribution is -2.11. The van der Waals surface area contributed by atoms with Crippen LogP contribution in [0, 0.1) is 24.5 Å². The normalized spacial score (nSPS) is 11.2. The molecule has 0 aliphatic rings. The van der Waals surface area contributed by atoms with Crippen molar-refractivity contribution in [3.8, 4) is 22.3 Å². The van der Waals surface area contributed by atoms with E-state index in [4.69, 9.17) is 10.2 Å². The monoisotopic (exact) mass is 382 g/mol. The molecule has 0 saturated heterocycles. The topological polar surface area (TPSA) is 40.5 Å². The molecule has 0 aliphatic carbocycles. The highest BCUT2D eigenvalue weighted by atomic mass is 19.1. The Kier molecular flexibility index (Phi) is 6.55. The van der Waals surface area contributed by atoms with Crippen molar-refractivity contribution in [2.45, 2.75) is 19.8 Å². The highest BCUT2D eigenvalue weighted by Crippen LogP contribution is 2.30. The Morgan fingerprint density at radius 3 is 1.89 bits per heavy atom. The molecule has 0 aromatic heterocycles. The third kappa shape index (κ3) is 4.64. The Balaban J connectivity index is 1.82. The van der Waals surface area contributed by atoms with Gasteiger partial charge in [0, 0.05) is 30.3 Å². The van der Waals surface area contributed by atoms with Crippen LogP contribution in [0.5, 0.6) is 0 Å². The molecule has 0 atom stereocenters. The van der Waals surface area contributed by atoms with Crippen LogP contribution in [0.4, 0.5) is 8.78 Å². The van der Waals surface area contributed by atoms with Crippen molar-refractivity contribution >= 4 is 0 Å². The van der Waals surface area contributed by atoms with E-state index >= 15 is 0 Å². The molecule has 2 N–H and O–H groups in total. The van der Waals surface area contributed by atoms with E-state index in [1.54, 1.807) is 24.3 Å². The molecule has 4 heteroatoms. The van der Waals surface area contributed by atoms with E-state index in [0.717, 1.165) is 22.3 Å². The SMILES string of the molecule is Cc1ccc(-c2ccc(-c3ccc(CCC(CO)CO)cc3F)c(F)c2)cc1. The molecule has 0 radical (unpaired) electrons. The fourth-order valence-corrected chi connectivity index (χ4v) is 3.20. The zero-order valence-electron chi connectivity index (χ0n) is 15.8. The van der Waals surface area contributed by atoms with Crippen LogP contribution in [-0.2, 0) is 6.42 Å². The van der Waals surface area contributed by atoms with Crippen LogP contribution in [0.15, 0.2) is 60.7 Å². The van der Waals surface area contributed by atoms with Crippen LogP contribution in [0.2, 0.25) is 0 Å². The van der Waals surface area contributed by atoms with Crippen LogP contribution in [0.1, 0.15) is 17.5 Å². The molecule has 0 fully saturated rings. The number of halogens is 2. The first-order chi connectivity index (χ1) is 13.5. The van der Waals surface area contributed by atoms with E-state index in [0.29, 0.717) is 12.8 Å². The second-order valence-electron chi connectivity index (χ2n) is 7.14. The molecule has 146 valence electrons. The number of benzene rings is 3. The number of hydrogen-bond acceptors (Lipinski definition) is 2. The van der Waals surface area contributed by atoms with Gasteiger partial charge in [0.05, 0.1) is 0 Å². The summed E-state index contributed by atoms with van der Waals surface area (Å²) in [6.07, 6.45) is 1.10. The van der Waals surface area contributed by atoms with Crippen molar-refractivity contribution in [2.75, 3.05) is 13.2 Å². The molecular formula is C24H24F2O2. The Bertz CT molecular complexity index is 932. The molecule has 0 spiro atoms. The van der Waals surface area contributed by atoms with Gasteiger partial charge < -0.3 is 10.2 Å². The first-order valence-electron chi connectivity index (χ1n) is 9.39. The van der Waals surface area contributed by atoms with Gasteiger partial charge in [0.15, 0.2) is 0 Å². The average molecular weight is 382 g/mol. The van der Waals surface area contributed by atoms with Crippen LogP contribution < -0.4 is 0 Å². The van der Waals surface area contributed by atoms with Gasteiger partial charge in [-0.25, -0.2) is 8.78 Å². The summed E-state index contributed by atoms with van der Waals surface area (Å²) in [6.45, 7) is 1.79. The van der Waals surface area contributed by atoms with Crippen LogP contribution >= 0.6 is 0 Å². The number of rotatable bonds is 7. The predicted molar refractivity (Wildman–Crippen MR) is 108 cm³/mol. The van der Waals surface area contributed by atoms with Gasteiger partial charge >= 0.3 is 0 Å². The highest BCUT2D eigenvalue weighted by Gasteiger charge is 2.13. The molecule has 0 unspecified atom stereocenters. The minimum absolute atomic E-state index is 0.102. The quantitative estimate of drug-likeness (QED) is 0.594. The fraction of sp³-hybridized carbons (Fsp3) is 0.250. The minimum Gasteiger partial charge on any atom is -0.396 e. The van der Waals surface area contributed by atoms with Crippen molar-refractivity contribution in [1.29, 1.82) is 0 Å². The number of aryl methyl sites for hydroxylation is 2. The van der Waals surface area contributed by atoms with Gasteiger partial charge in [-0.1, -0.05) is 54.1 Å². The van der Waals surface area contributed by atoms with Crippen molar-refractivity contribution < 1.29 is 19.0 Å². The van der Waals surface area contributed by atoms with Crippen LogP contribution in [0.25, 0.3) is 22.3 Å². The van der Waals surface area contributed by atoms with Gasteiger partial charge in [-0.3, -0.25) is 0 Å². The number of aliphatic hydroxyl groups is 2. The number of hydrogen-bond donors (Lipinski definition) is 2. The molecule has 3 aromatic rings. The highest BCUT2D eigenvalue weighted by molar-refractivity contribution is 5.71. The Morgan fingerprint density at radius 1 is 0.750 bits per heavy atom. The van der Waals surface area contributed by atoms with E-state index in [9.17, 15) is 8.78 Å². The van der Waals surface area contributed by atoms with Gasteiger partial charge in [0.2, 0.25) is 0 Å². The summed E-state index contributed by atoms with van der Waals surface area (Å²) in [5.41, 5.74) is 3.99. The van der Waals surface area contributed by atoms with E-state index in [1.807, 2.05) is 31.2 Å². The summed E-state index contributed by atoms with van der Waals surface area (Å²) in [6, 6.07) is 17.4. The van der Waals surface area contributed by atoms with Gasteiger partial charge in [0.25, 0.3) is 0 Å². The van der Waals surface area contributed by atoms with Crippen molar-refractivity contribution in [3.05, 3.63) is 83.4 Å². The van der Waals surface area contributed by atoms with Gasteiger partial charge in [0.1, 0.15) is 11.6 Å². The lowest BCUT2D eigenvalue weighted by Gasteiger charge is -2.12. The molecule has 28 heavy (non-hydrogen) atoms. The maximum atomic E-state index is 14.7. The summed E-state index contributed by atoms with van der Waals surface area (Å²) in [5.74, 6) is -1.16. The first kappa shape index (κ1) is 20.2. The van der Waals surface area contributed by atoms with Crippen LogP contribution in [-0.4, -0.2) is 23.4 Å². The van der Waals surface area contributed by atoms with Gasteiger partial charge in [-0.2, -0.15) is 0 Å². The number of aliphatic hydroxyl groups excluding tert-OH is 2. The largest absolute Gasteiger partial charge is 0.396 e. The van der Waals surface area contributed by atoms with Crippen molar-refractivity contribution in [1.82, 2.24) is 0 Å². The summed E-state index contributed by atoms with van der Waals surface area (Å²) < 4.78 is 29.3. The summed E-state index contributed by atoms with van der Waals surface area (Å²) in [7, 11) is 0. The molecule has 3 aromatic carbocycles. The molecule has 3 rings (SSSR count). The minimum atomic E-state index is -0.482. The lowest BCUT2D eigenvalue weighted by molar-refractivity contribution is 0.144.